The number of hydrogen-bond donors (Lipinski definition) is 1. The summed E-state index contributed by atoms with van der Waals surface area (Å²) in [7, 11) is 1.43. The van der Waals surface area contributed by atoms with E-state index < -0.39 is 11.6 Å². The highest BCUT2D eigenvalue weighted by Gasteiger charge is 2.30. The van der Waals surface area contributed by atoms with Crippen molar-refractivity contribution in [2.75, 3.05) is 7.11 Å². The number of methoxy groups -OCH3 is 1. The lowest BCUT2D eigenvalue weighted by molar-refractivity contribution is 0.102. The van der Waals surface area contributed by atoms with Crippen LogP contribution < -0.4 is 4.74 Å². The molecule has 0 spiro atoms. The van der Waals surface area contributed by atoms with Gasteiger partial charge < -0.3 is 9.72 Å². The van der Waals surface area contributed by atoms with Gasteiger partial charge >= 0.3 is 0 Å². The van der Waals surface area contributed by atoms with Crippen LogP contribution in [0.2, 0.25) is 30.4 Å². The van der Waals surface area contributed by atoms with Crippen LogP contribution in [0.5, 0.6) is 5.75 Å². The molecule has 0 fully saturated rings. The lowest BCUT2D eigenvalue weighted by Crippen LogP contribution is -2.13. The summed E-state index contributed by atoms with van der Waals surface area (Å²) in [6, 6.07) is 9.38. The number of rotatable bonds is 6. The number of aromatic nitrogens is 2. The fraction of sp³-hybridized carbons (Fsp3) is 0.120. The van der Waals surface area contributed by atoms with Crippen molar-refractivity contribution in [1.29, 1.82) is 0 Å². The molecule has 0 unspecified atom stereocenters. The standard InChI is InChI=1S/C25H16Cl6N2O3/c1-10-4-5-12(7-14(10)26)22(34)17-9-16(28)25(31)33(17)21-19(29)24(30)32-20(21)23(35)13-8-15(27)11(2)6-18(13)36-3/h4-9,32H,1-3H3. The number of hydrogen-bond acceptors (Lipinski definition) is 3. The lowest BCUT2D eigenvalue weighted by Gasteiger charge is -2.14. The van der Waals surface area contributed by atoms with Gasteiger partial charge in [0.1, 0.15) is 26.8 Å². The fourth-order valence-corrected chi connectivity index (χ4v) is 4.84. The Balaban J connectivity index is 1.95. The van der Waals surface area contributed by atoms with Crippen molar-refractivity contribution < 1.29 is 14.3 Å². The molecule has 0 bridgehead atoms. The Morgan fingerprint density at radius 1 is 0.833 bits per heavy atom. The Labute approximate surface area is 236 Å². The van der Waals surface area contributed by atoms with Crippen LogP contribution in [0.4, 0.5) is 0 Å². The number of carbonyl (C=O) groups is 2. The van der Waals surface area contributed by atoms with Gasteiger partial charge in [-0.05, 0) is 49.2 Å². The Kier molecular flexibility index (Phi) is 7.73. The average Bonchev–Trinajstić information content (AvgIpc) is 3.30. The zero-order chi connectivity index (χ0) is 26.5. The number of nitrogens with zero attached hydrogens (tertiary/aromatic N) is 1. The molecule has 11 heteroatoms. The predicted octanol–water partition coefficient (Wildman–Crippen LogP) is 8.81. The van der Waals surface area contributed by atoms with Crippen molar-refractivity contribution in [3.05, 3.63) is 100 Å². The van der Waals surface area contributed by atoms with E-state index in [0.29, 0.717) is 10.0 Å². The zero-order valence-electron chi connectivity index (χ0n) is 18.9. The number of carbonyl (C=O) groups excluding carboxylic acids is 2. The molecule has 0 amide bonds. The number of H-pyrrole nitrogens is 1. The van der Waals surface area contributed by atoms with Crippen molar-refractivity contribution in [3.8, 4) is 11.4 Å². The molecule has 4 aromatic rings. The second-order valence-corrected chi connectivity index (χ2v) is 10.2. The third-order valence-electron chi connectivity index (χ3n) is 5.61. The molecule has 2 aromatic carbocycles. The van der Waals surface area contributed by atoms with E-state index in [9.17, 15) is 9.59 Å². The van der Waals surface area contributed by atoms with Gasteiger partial charge in [0.15, 0.2) is 0 Å². The monoisotopic (exact) mass is 602 g/mol. The van der Waals surface area contributed by atoms with Crippen LogP contribution in [0.15, 0.2) is 36.4 Å². The summed E-state index contributed by atoms with van der Waals surface area (Å²) in [6.45, 7) is 3.60. The first-order chi connectivity index (χ1) is 17.0. The summed E-state index contributed by atoms with van der Waals surface area (Å²) < 4.78 is 6.67. The van der Waals surface area contributed by atoms with Crippen LogP contribution in [0.3, 0.4) is 0 Å². The van der Waals surface area contributed by atoms with Gasteiger partial charge in [-0.1, -0.05) is 81.7 Å². The molecule has 0 atom stereocenters. The number of halogens is 6. The summed E-state index contributed by atoms with van der Waals surface area (Å²) in [5, 5.41) is 0.726. The minimum atomic E-state index is -0.546. The molecule has 4 rings (SSSR count). The molecule has 1 N–H and O–H groups in total. The van der Waals surface area contributed by atoms with E-state index >= 15 is 0 Å². The first-order valence-electron chi connectivity index (χ1n) is 10.3. The van der Waals surface area contributed by atoms with E-state index in [2.05, 4.69) is 4.98 Å². The maximum absolute atomic E-state index is 13.7. The van der Waals surface area contributed by atoms with Crippen LogP contribution in [0.1, 0.15) is 43.2 Å². The highest BCUT2D eigenvalue weighted by molar-refractivity contribution is 6.45. The molecule has 0 saturated carbocycles. The molecule has 0 radical (unpaired) electrons. The number of benzene rings is 2. The molecule has 0 saturated heterocycles. The number of ketones is 2. The second-order valence-electron chi connectivity index (χ2n) is 7.90. The molecule has 2 heterocycles. The Morgan fingerprint density at radius 2 is 1.50 bits per heavy atom. The van der Waals surface area contributed by atoms with Gasteiger partial charge in [-0.3, -0.25) is 14.2 Å². The van der Waals surface area contributed by atoms with Crippen molar-refractivity contribution in [2.24, 2.45) is 0 Å². The number of aryl methyl sites for hydroxylation is 2. The second kappa shape index (κ2) is 10.3. The molecule has 2 aromatic heterocycles. The highest BCUT2D eigenvalue weighted by Crippen LogP contribution is 2.40. The summed E-state index contributed by atoms with van der Waals surface area (Å²) in [5.74, 6) is -0.708. The van der Waals surface area contributed by atoms with Crippen LogP contribution in [-0.2, 0) is 0 Å². The first-order valence-corrected chi connectivity index (χ1v) is 12.6. The molecule has 0 aliphatic carbocycles. The Bertz CT molecular complexity index is 1550. The van der Waals surface area contributed by atoms with Gasteiger partial charge in [0.2, 0.25) is 11.6 Å². The van der Waals surface area contributed by atoms with Crippen molar-refractivity contribution in [2.45, 2.75) is 13.8 Å². The number of ether oxygens (including phenoxy) is 1. The summed E-state index contributed by atoms with van der Waals surface area (Å²) in [5.41, 5.74) is 2.01. The lowest BCUT2D eigenvalue weighted by atomic mass is 10.0. The van der Waals surface area contributed by atoms with E-state index in [4.69, 9.17) is 74.3 Å². The minimum Gasteiger partial charge on any atom is -0.496 e. The van der Waals surface area contributed by atoms with Gasteiger partial charge in [0, 0.05) is 15.6 Å². The van der Waals surface area contributed by atoms with Gasteiger partial charge in [-0.25, -0.2) is 0 Å². The molecule has 0 aliphatic rings. The average molecular weight is 605 g/mol. The van der Waals surface area contributed by atoms with Gasteiger partial charge in [0.25, 0.3) is 0 Å². The molecular weight excluding hydrogens is 589 g/mol. The summed E-state index contributed by atoms with van der Waals surface area (Å²) in [4.78, 5) is 30.0. The topological polar surface area (TPSA) is 64.1 Å². The van der Waals surface area contributed by atoms with Crippen LogP contribution in [0, 0.1) is 13.8 Å². The van der Waals surface area contributed by atoms with Crippen LogP contribution in [0.25, 0.3) is 5.69 Å². The van der Waals surface area contributed by atoms with E-state index in [1.165, 1.54) is 29.9 Å². The maximum atomic E-state index is 13.7. The van der Waals surface area contributed by atoms with Crippen molar-refractivity contribution >= 4 is 81.2 Å². The van der Waals surface area contributed by atoms with Crippen molar-refractivity contribution in [1.82, 2.24) is 9.55 Å². The predicted molar refractivity (Wildman–Crippen MR) is 146 cm³/mol. The summed E-state index contributed by atoms with van der Waals surface area (Å²) >= 11 is 38.2. The third-order valence-corrected chi connectivity index (χ3v) is 7.93. The highest BCUT2D eigenvalue weighted by atomic mass is 35.5. The summed E-state index contributed by atoms with van der Waals surface area (Å²) in [6.07, 6.45) is 0. The molecule has 36 heavy (non-hydrogen) atoms. The first kappa shape index (κ1) is 26.9. The van der Waals surface area contributed by atoms with Gasteiger partial charge in [-0.2, -0.15) is 0 Å². The quantitative estimate of drug-likeness (QED) is 0.224. The van der Waals surface area contributed by atoms with Gasteiger partial charge in [-0.15, -0.1) is 0 Å². The zero-order valence-corrected chi connectivity index (χ0v) is 23.4. The van der Waals surface area contributed by atoms with Crippen molar-refractivity contribution in [3.63, 3.8) is 0 Å². The molecular formula is C25H16Cl6N2O3. The normalized spacial score (nSPS) is 11.1. The van der Waals surface area contributed by atoms with E-state index in [1.54, 1.807) is 25.1 Å². The van der Waals surface area contributed by atoms with E-state index in [1.807, 2.05) is 6.92 Å². The smallest absolute Gasteiger partial charge is 0.215 e. The number of nitrogens with one attached hydrogen (secondary N) is 1. The number of aromatic amines is 1. The Hall–Kier alpha value is -2.12. The Morgan fingerprint density at radius 3 is 2.14 bits per heavy atom. The molecule has 0 aliphatic heterocycles. The maximum Gasteiger partial charge on any atom is 0.215 e. The fourth-order valence-electron chi connectivity index (χ4n) is 3.67. The largest absolute Gasteiger partial charge is 0.496 e. The van der Waals surface area contributed by atoms with Crippen LogP contribution in [-0.4, -0.2) is 28.2 Å². The third kappa shape index (κ3) is 4.65. The molecule has 186 valence electrons. The van der Waals surface area contributed by atoms with Crippen LogP contribution >= 0.6 is 69.6 Å². The van der Waals surface area contributed by atoms with E-state index in [-0.39, 0.29) is 54.3 Å². The minimum absolute atomic E-state index is 0.0372. The van der Waals surface area contributed by atoms with E-state index in [0.717, 1.165) is 11.1 Å². The molecule has 5 nitrogen and oxygen atoms in total. The van der Waals surface area contributed by atoms with Gasteiger partial charge in [0.05, 0.1) is 29.1 Å². The SMILES string of the molecule is COc1cc(C)c(Cl)cc1C(=O)c1[nH]c(Cl)c(Cl)c1-n1c(C(=O)c2ccc(C)c(Cl)c2)cc(Cl)c1Cl.